The van der Waals surface area contributed by atoms with E-state index in [4.69, 9.17) is 9.47 Å². The zero-order chi connectivity index (χ0) is 20.9. The summed E-state index contributed by atoms with van der Waals surface area (Å²) in [5.41, 5.74) is 0.817. The highest BCUT2D eigenvalue weighted by molar-refractivity contribution is 14.0. The average molecular weight is 530 g/mol. The SMILES string of the molecule is CN=C(NCC1CCN(C(=O)OC(C)(C)C)CC1)NCC1Cc2ccccc2O1.I. The van der Waals surface area contributed by atoms with Gasteiger partial charge in [0, 0.05) is 33.1 Å². The van der Waals surface area contributed by atoms with Crippen molar-refractivity contribution in [3.05, 3.63) is 29.8 Å². The zero-order valence-electron chi connectivity index (χ0n) is 18.4. The van der Waals surface area contributed by atoms with Gasteiger partial charge in [0.2, 0.25) is 0 Å². The number of fused-ring (bicyclic) bond motifs is 1. The summed E-state index contributed by atoms with van der Waals surface area (Å²) in [5.74, 6) is 2.29. The van der Waals surface area contributed by atoms with Crippen molar-refractivity contribution >= 4 is 36.0 Å². The van der Waals surface area contributed by atoms with Crippen molar-refractivity contribution in [2.24, 2.45) is 10.9 Å². The number of likely N-dealkylation sites (tertiary alicyclic amines) is 1. The van der Waals surface area contributed by atoms with E-state index in [1.165, 1.54) is 5.56 Å². The third-order valence-corrected chi connectivity index (χ3v) is 5.26. The number of hydrogen-bond donors (Lipinski definition) is 2. The first kappa shape index (κ1) is 24.6. The van der Waals surface area contributed by atoms with Gasteiger partial charge in [-0.15, -0.1) is 24.0 Å². The fourth-order valence-corrected chi connectivity index (χ4v) is 3.69. The minimum atomic E-state index is -0.446. The van der Waals surface area contributed by atoms with Crippen molar-refractivity contribution in [3.8, 4) is 5.75 Å². The maximum atomic E-state index is 12.2. The summed E-state index contributed by atoms with van der Waals surface area (Å²) in [6.07, 6.45) is 2.76. The molecule has 0 spiro atoms. The van der Waals surface area contributed by atoms with Crippen molar-refractivity contribution in [3.63, 3.8) is 0 Å². The molecule has 2 aliphatic rings. The number of carbonyl (C=O) groups excluding carboxylic acids is 1. The molecule has 3 rings (SSSR count). The number of amides is 1. The lowest BCUT2D eigenvalue weighted by molar-refractivity contribution is 0.0185. The van der Waals surface area contributed by atoms with E-state index in [1.807, 2.05) is 43.9 Å². The number of para-hydroxylation sites is 1. The Kier molecular flexibility index (Phi) is 9.06. The molecular weight excluding hydrogens is 495 g/mol. The third kappa shape index (κ3) is 7.21. The molecule has 1 fully saturated rings. The Morgan fingerprint density at radius 2 is 1.87 bits per heavy atom. The Bertz CT molecular complexity index is 702. The van der Waals surface area contributed by atoms with Crippen LogP contribution in [-0.2, 0) is 11.2 Å². The van der Waals surface area contributed by atoms with Crippen LogP contribution in [0, 0.1) is 5.92 Å². The van der Waals surface area contributed by atoms with Crippen molar-refractivity contribution in [1.29, 1.82) is 0 Å². The summed E-state index contributed by atoms with van der Waals surface area (Å²) in [6, 6.07) is 8.19. The Morgan fingerprint density at radius 3 is 2.50 bits per heavy atom. The molecule has 2 N–H and O–H groups in total. The lowest BCUT2D eigenvalue weighted by Gasteiger charge is -2.33. The van der Waals surface area contributed by atoms with E-state index >= 15 is 0 Å². The molecule has 1 saturated heterocycles. The standard InChI is InChI=1S/C22H34N4O3.HI/c1-22(2,3)29-21(27)26-11-9-16(10-12-26)14-24-20(23-4)25-15-18-13-17-7-5-6-8-19(17)28-18;/h5-8,16,18H,9-15H2,1-4H3,(H2,23,24,25);1H. The first-order chi connectivity index (χ1) is 13.8. The predicted molar refractivity (Wildman–Crippen MR) is 130 cm³/mol. The number of piperidine rings is 1. The first-order valence-corrected chi connectivity index (χ1v) is 10.5. The smallest absolute Gasteiger partial charge is 0.410 e. The van der Waals surface area contributed by atoms with Gasteiger partial charge in [-0.3, -0.25) is 4.99 Å². The van der Waals surface area contributed by atoms with Crippen LogP contribution in [0.2, 0.25) is 0 Å². The number of ether oxygens (including phenoxy) is 2. The molecule has 2 aliphatic heterocycles. The van der Waals surface area contributed by atoms with Crippen molar-refractivity contribution < 1.29 is 14.3 Å². The molecule has 0 aromatic heterocycles. The first-order valence-electron chi connectivity index (χ1n) is 10.5. The van der Waals surface area contributed by atoms with Gasteiger partial charge in [-0.1, -0.05) is 18.2 Å². The molecule has 7 nitrogen and oxygen atoms in total. The Labute approximate surface area is 197 Å². The fourth-order valence-electron chi connectivity index (χ4n) is 3.69. The highest BCUT2D eigenvalue weighted by Crippen LogP contribution is 2.27. The second-order valence-corrected chi connectivity index (χ2v) is 8.80. The van der Waals surface area contributed by atoms with Gasteiger partial charge in [0.25, 0.3) is 0 Å². The number of guanidine groups is 1. The molecule has 8 heteroatoms. The van der Waals surface area contributed by atoms with E-state index in [0.717, 1.165) is 50.6 Å². The molecule has 1 unspecified atom stereocenters. The monoisotopic (exact) mass is 530 g/mol. The van der Waals surface area contributed by atoms with Gasteiger partial charge in [-0.2, -0.15) is 0 Å². The third-order valence-electron chi connectivity index (χ3n) is 5.26. The van der Waals surface area contributed by atoms with Crippen molar-refractivity contribution in [2.75, 3.05) is 33.2 Å². The number of benzene rings is 1. The molecule has 2 heterocycles. The van der Waals surface area contributed by atoms with Crippen LogP contribution in [0.3, 0.4) is 0 Å². The van der Waals surface area contributed by atoms with Crippen molar-refractivity contribution in [1.82, 2.24) is 15.5 Å². The van der Waals surface area contributed by atoms with Crippen LogP contribution in [0.15, 0.2) is 29.3 Å². The van der Waals surface area contributed by atoms with E-state index in [1.54, 1.807) is 7.05 Å². The molecular formula is C22H35IN4O3. The van der Waals surface area contributed by atoms with E-state index in [9.17, 15) is 4.79 Å². The highest BCUT2D eigenvalue weighted by Gasteiger charge is 2.27. The normalized spacial score (nSPS) is 19.4. The van der Waals surface area contributed by atoms with E-state index in [0.29, 0.717) is 12.5 Å². The fraction of sp³-hybridized carbons (Fsp3) is 0.636. The Hall–Kier alpha value is -1.71. The molecule has 30 heavy (non-hydrogen) atoms. The van der Waals surface area contributed by atoms with Crippen LogP contribution < -0.4 is 15.4 Å². The summed E-state index contributed by atoms with van der Waals surface area (Å²) in [6.45, 7) is 8.72. The number of rotatable bonds is 4. The quantitative estimate of drug-likeness (QED) is 0.355. The maximum absolute atomic E-state index is 12.2. The average Bonchev–Trinajstić information content (AvgIpc) is 3.10. The number of carbonyl (C=O) groups is 1. The second kappa shape index (κ2) is 11.1. The highest BCUT2D eigenvalue weighted by atomic mass is 127. The molecule has 0 aliphatic carbocycles. The van der Waals surface area contributed by atoms with Crippen molar-refractivity contribution in [2.45, 2.75) is 51.7 Å². The summed E-state index contributed by atoms with van der Waals surface area (Å²) < 4.78 is 11.4. The predicted octanol–water partition coefficient (Wildman–Crippen LogP) is 3.42. The summed E-state index contributed by atoms with van der Waals surface area (Å²) in [7, 11) is 1.78. The van der Waals surface area contributed by atoms with E-state index in [2.05, 4.69) is 21.7 Å². The Balaban J connectivity index is 0.00000320. The molecule has 0 bridgehead atoms. The summed E-state index contributed by atoms with van der Waals surface area (Å²) in [5, 5.41) is 6.78. The molecule has 1 atom stereocenters. The Morgan fingerprint density at radius 1 is 1.20 bits per heavy atom. The van der Waals surface area contributed by atoms with Gasteiger partial charge in [0.1, 0.15) is 17.5 Å². The van der Waals surface area contributed by atoms with Gasteiger partial charge in [-0.25, -0.2) is 4.79 Å². The van der Waals surface area contributed by atoms with E-state index in [-0.39, 0.29) is 36.2 Å². The lowest BCUT2D eigenvalue weighted by atomic mass is 9.97. The second-order valence-electron chi connectivity index (χ2n) is 8.80. The van der Waals surface area contributed by atoms with Gasteiger partial charge < -0.3 is 25.0 Å². The maximum Gasteiger partial charge on any atom is 0.410 e. The largest absolute Gasteiger partial charge is 0.488 e. The van der Waals surface area contributed by atoms with Gasteiger partial charge >= 0.3 is 6.09 Å². The molecule has 1 aromatic carbocycles. The molecule has 0 saturated carbocycles. The van der Waals surface area contributed by atoms with Crippen LogP contribution >= 0.6 is 24.0 Å². The van der Waals surface area contributed by atoms with Gasteiger partial charge in [-0.05, 0) is 51.2 Å². The molecule has 1 amide bonds. The van der Waals surface area contributed by atoms with Gasteiger partial charge in [0.05, 0.1) is 6.54 Å². The lowest BCUT2D eigenvalue weighted by Crippen LogP contribution is -2.46. The van der Waals surface area contributed by atoms with E-state index < -0.39 is 5.60 Å². The summed E-state index contributed by atoms with van der Waals surface area (Å²) >= 11 is 0. The van der Waals surface area contributed by atoms with Crippen LogP contribution in [0.25, 0.3) is 0 Å². The number of hydrogen-bond acceptors (Lipinski definition) is 4. The van der Waals surface area contributed by atoms with Crippen LogP contribution in [0.4, 0.5) is 4.79 Å². The van der Waals surface area contributed by atoms with Gasteiger partial charge in [0.15, 0.2) is 5.96 Å². The molecule has 1 aromatic rings. The van der Waals surface area contributed by atoms with Crippen LogP contribution in [-0.4, -0.2) is 61.9 Å². The number of nitrogens with one attached hydrogen (secondary N) is 2. The van der Waals surface area contributed by atoms with Crippen LogP contribution in [0.1, 0.15) is 39.2 Å². The molecule has 168 valence electrons. The number of halogens is 1. The number of nitrogens with zero attached hydrogens (tertiary/aromatic N) is 2. The minimum absolute atomic E-state index is 0. The number of aliphatic imine (C=N–C) groups is 1. The minimum Gasteiger partial charge on any atom is -0.488 e. The topological polar surface area (TPSA) is 75.2 Å². The summed E-state index contributed by atoms with van der Waals surface area (Å²) in [4.78, 5) is 18.3. The zero-order valence-corrected chi connectivity index (χ0v) is 20.8. The molecule has 0 radical (unpaired) electrons. The van der Waals surface area contributed by atoms with Crippen LogP contribution in [0.5, 0.6) is 5.75 Å².